The van der Waals surface area contributed by atoms with E-state index in [-0.39, 0.29) is 19.5 Å². The van der Waals surface area contributed by atoms with Crippen molar-refractivity contribution in [1.82, 2.24) is 0 Å². The Labute approximate surface area is 314 Å². The van der Waals surface area contributed by atoms with E-state index in [1.807, 2.05) is 0 Å². The monoisotopic (exact) mass is 806 g/mol. The Morgan fingerprint density at radius 3 is 1.24 bits per heavy atom. The molecule has 5 atom stereocenters. The molecule has 50 heavy (non-hydrogen) atoms. The minimum Gasteiger partial charge on any atom is -0.418 e. The Kier molecular flexibility index (Phi) is 19.0. The van der Waals surface area contributed by atoms with Gasteiger partial charge in [0.2, 0.25) is 0 Å². The number of allylic oxidation sites excluding steroid dienone is 4. The Balaban J connectivity index is 0.000000199. The first-order valence-electron chi connectivity index (χ1n) is 17.7. The fourth-order valence-corrected chi connectivity index (χ4v) is 10.8. The molecule has 0 amide bonds. The minimum atomic E-state index is -6.00. The maximum atomic E-state index is 9.75. The molecular weight excluding hydrogens is 756 g/mol. The second kappa shape index (κ2) is 22.5. The first kappa shape index (κ1) is 42.0. The van der Waals surface area contributed by atoms with Gasteiger partial charge in [-0.05, 0) is 80.0 Å². The average Bonchev–Trinajstić information content (AvgIpc) is 3.79. The summed E-state index contributed by atoms with van der Waals surface area (Å²) in [6.07, 6.45) is 20.6. The molecule has 0 saturated carbocycles. The van der Waals surface area contributed by atoms with E-state index in [0.717, 1.165) is 34.1 Å². The summed E-state index contributed by atoms with van der Waals surface area (Å²) in [6, 6.07) is 44.2. The van der Waals surface area contributed by atoms with E-state index in [4.69, 9.17) is 0 Å². The summed E-state index contributed by atoms with van der Waals surface area (Å²) in [7, 11) is -3.94. The molecule has 0 radical (unpaired) electrons. The van der Waals surface area contributed by atoms with Crippen molar-refractivity contribution in [3.63, 3.8) is 0 Å². The van der Waals surface area contributed by atoms with E-state index in [9.17, 15) is 17.3 Å². The average molecular weight is 807 g/mol. The van der Waals surface area contributed by atoms with E-state index in [1.54, 1.807) is 5.56 Å². The first-order valence-corrected chi connectivity index (χ1v) is 19.9. The number of benzene rings is 4. The summed E-state index contributed by atoms with van der Waals surface area (Å²) in [6.45, 7) is 2.35. The molecule has 0 bridgehead atoms. The third-order valence-electron chi connectivity index (χ3n) is 9.33. The maximum absolute atomic E-state index is 9.75. The van der Waals surface area contributed by atoms with Gasteiger partial charge in [0.05, 0.1) is 0 Å². The molecule has 0 N–H and O–H groups in total. The number of hydrogen-bond donors (Lipinski definition) is 0. The fourth-order valence-electron chi connectivity index (χ4n) is 6.77. The van der Waals surface area contributed by atoms with E-state index >= 15 is 0 Å². The number of hydrogen-bond acceptors (Lipinski definition) is 0. The van der Waals surface area contributed by atoms with Gasteiger partial charge >= 0.3 is 26.7 Å². The molecule has 4 aromatic carbocycles. The van der Waals surface area contributed by atoms with Crippen LogP contribution in [0.15, 0.2) is 146 Å². The molecule has 7 rings (SSSR count). The van der Waals surface area contributed by atoms with Crippen LogP contribution >= 0.6 is 17.2 Å². The molecule has 8 heteroatoms. The van der Waals surface area contributed by atoms with Crippen molar-refractivity contribution in [3.8, 4) is 0 Å². The molecule has 0 spiro atoms. The molecule has 1 unspecified atom stereocenters. The largest absolute Gasteiger partial charge is 1.00 e. The van der Waals surface area contributed by atoms with E-state index < -0.39 is 7.25 Å². The van der Waals surface area contributed by atoms with Gasteiger partial charge in [-0.1, -0.05) is 153 Å². The molecule has 1 aliphatic carbocycles. The summed E-state index contributed by atoms with van der Waals surface area (Å²) < 4.78 is 39.0. The number of halogens is 4. The van der Waals surface area contributed by atoms with Gasteiger partial charge in [-0.15, -0.1) is 17.2 Å². The van der Waals surface area contributed by atoms with E-state index in [0.29, 0.717) is 5.16 Å². The van der Waals surface area contributed by atoms with Gasteiger partial charge in [0.1, 0.15) is 0 Å². The van der Waals surface area contributed by atoms with Gasteiger partial charge in [-0.25, -0.2) is 0 Å². The van der Waals surface area contributed by atoms with Crippen molar-refractivity contribution >= 4 is 24.4 Å². The van der Waals surface area contributed by atoms with Gasteiger partial charge in [0.15, 0.2) is 0 Å². The molecule has 0 aromatic heterocycles. The Morgan fingerprint density at radius 1 is 0.540 bits per heavy atom. The Bertz CT molecular complexity index is 1440. The predicted octanol–water partition coefficient (Wildman–Crippen LogP) is 14.4. The zero-order valence-electron chi connectivity index (χ0n) is 28.9. The third kappa shape index (κ3) is 14.7. The zero-order valence-corrected chi connectivity index (χ0v) is 32.5. The van der Waals surface area contributed by atoms with Crippen LogP contribution in [0.5, 0.6) is 0 Å². The van der Waals surface area contributed by atoms with Crippen LogP contribution in [0.4, 0.5) is 17.3 Å². The van der Waals surface area contributed by atoms with Crippen LogP contribution in [0, 0.1) is 0 Å². The topological polar surface area (TPSA) is 0 Å². The van der Waals surface area contributed by atoms with Crippen molar-refractivity contribution in [2.45, 2.75) is 86.8 Å². The summed E-state index contributed by atoms with van der Waals surface area (Å²) in [4.78, 5) is 0. The molecule has 4 aromatic rings. The van der Waals surface area contributed by atoms with Gasteiger partial charge in [0, 0.05) is 22.1 Å². The van der Waals surface area contributed by atoms with Crippen LogP contribution in [-0.4, -0.2) is 7.25 Å². The molecule has 0 nitrogen and oxygen atoms in total. The standard InChI is InChI=1S/C18H21P.C16H17P.C8H12.BF4.Rh/c1-2-18(16-11-7-4-8-12-16)14-13-17(19-18)15-9-5-3-6-10-15;1-3-7-13(8-4-1)15-11-12-16(17-15)14-9-5-2-6-10-14;1-2-4-6-8-7-5-3-1;2-1(3,4)5;/h3-12,17,19H,2,13-14H2,1H3;1-10,15-17H,11-12H2;1-2,7-8H,3-6H2;;/q;;;-1;+1/b;;2-1-,8-7-;;/t17-,18-;15-,16-;;;/m00.../s1. The summed E-state index contributed by atoms with van der Waals surface area (Å²) >= 11 is 0. The normalized spacial score (nSPS) is 24.3. The van der Waals surface area contributed by atoms with Gasteiger partial charge < -0.3 is 17.3 Å². The Hall–Kier alpha value is -2.37. The van der Waals surface area contributed by atoms with E-state index in [2.05, 4.69) is 153 Å². The summed E-state index contributed by atoms with van der Waals surface area (Å²) in [5.74, 6) is 0. The number of rotatable bonds is 5. The smallest absolute Gasteiger partial charge is 0.418 e. The van der Waals surface area contributed by atoms with Gasteiger partial charge in [0.25, 0.3) is 0 Å². The minimum absolute atomic E-state index is 0. The SMILES string of the molecule is C1=C\CC/C=C\CC/1.CC[C@@]1(c2ccccc2)CC[C@@H](c2ccccc2)P1.F[B-](F)(F)F.[Rh+].c1ccc([C@@H]2CC[C@@H](c3ccccc3)P2)cc1. The molecular formula is C42H50BF4P2Rh. The summed E-state index contributed by atoms with van der Waals surface area (Å²) in [5.41, 5.74) is 8.50. The zero-order chi connectivity index (χ0) is 34.8. The second-order valence-electron chi connectivity index (χ2n) is 12.7. The maximum Gasteiger partial charge on any atom is 1.00 e. The first-order chi connectivity index (χ1) is 23.8. The van der Waals surface area contributed by atoms with Crippen LogP contribution in [0.1, 0.15) is 104 Å². The molecule has 2 saturated heterocycles. The third-order valence-corrected chi connectivity index (χ3v) is 13.8. The van der Waals surface area contributed by atoms with Crippen molar-refractivity contribution in [2.75, 3.05) is 0 Å². The van der Waals surface area contributed by atoms with Crippen molar-refractivity contribution in [2.24, 2.45) is 0 Å². The summed E-state index contributed by atoms with van der Waals surface area (Å²) in [5, 5.41) is 0.432. The molecule has 2 aliphatic heterocycles. The van der Waals surface area contributed by atoms with Crippen molar-refractivity contribution < 1.29 is 36.7 Å². The Morgan fingerprint density at radius 2 is 0.880 bits per heavy atom. The van der Waals surface area contributed by atoms with Crippen LogP contribution in [0.3, 0.4) is 0 Å². The van der Waals surface area contributed by atoms with Crippen LogP contribution < -0.4 is 0 Å². The fraction of sp³-hybridized carbons (Fsp3) is 0.333. The predicted molar refractivity (Wildman–Crippen MR) is 208 cm³/mol. The van der Waals surface area contributed by atoms with Crippen LogP contribution in [0.25, 0.3) is 0 Å². The van der Waals surface area contributed by atoms with Crippen LogP contribution in [0.2, 0.25) is 0 Å². The van der Waals surface area contributed by atoms with Gasteiger partial charge in [-0.3, -0.25) is 0 Å². The van der Waals surface area contributed by atoms with Crippen molar-refractivity contribution in [3.05, 3.63) is 168 Å². The molecule has 2 heterocycles. The quantitative estimate of drug-likeness (QED) is 0.0816. The van der Waals surface area contributed by atoms with Gasteiger partial charge in [-0.2, -0.15) is 0 Å². The van der Waals surface area contributed by atoms with Crippen LogP contribution in [-0.2, 0) is 24.6 Å². The second-order valence-corrected chi connectivity index (χ2v) is 16.4. The molecule has 268 valence electrons. The molecule has 3 aliphatic rings. The van der Waals surface area contributed by atoms with Crippen molar-refractivity contribution in [1.29, 1.82) is 0 Å². The molecule has 2 fully saturated rings. The van der Waals surface area contributed by atoms with E-state index in [1.165, 1.54) is 74.5 Å².